The number of para-hydroxylation sites is 1. The van der Waals surface area contributed by atoms with E-state index in [0.29, 0.717) is 0 Å². The van der Waals surface area contributed by atoms with Crippen LogP contribution in [-0.2, 0) is 13.0 Å². The molecule has 0 saturated heterocycles. The summed E-state index contributed by atoms with van der Waals surface area (Å²) in [6, 6.07) is 10.4. The van der Waals surface area contributed by atoms with E-state index < -0.39 is 0 Å². The Balaban J connectivity index is 1.60. The van der Waals surface area contributed by atoms with Gasteiger partial charge in [0.15, 0.2) is 0 Å². The molecule has 0 bridgehead atoms. The lowest BCUT2D eigenvalue weighted by atomic mass is 10.1. The normalized spacial score (nSPS) is 10.8. The summed E-state index contributed by atoms with van der Waals surface area (Å²) in [5, 5.41) is 4.58. The molecule has 20 heavy (non-hydrogen) atoms. The van der Waals surface area contributed by atoms with Crippen molar-refractivity contribution in [1.29, 1.82) is 0 Å². The van der Waals surface area contributed by atoms with Crippen molar-refractivity contribution in [3.8, 4) is 0 Å². The largest absolute Gasteiger partial charge is 0.311 e. The van der Waals surface area contributed by atoms with E-state index in [2.05, 4.69) is 44.5 Å². The van der Waals surface area contributed by atoms with Crippen LogP contribution in [0.25, 0.3) is 10.9 Å². The molecule has 0 radical (unpaired) electrons. The molecule has 0 fully saturated rings. The van der Waals surface area contributed by atoms with E-state index in [1.165, 1.54) is 10.9 Å². The summed E-state index contributed by atoms with van der Waals surface area (Å²) < 4.78 is 0. The molecule has 0 aliphatic heterocycles. The van der Waals surface area contributed by atoms with Crippen molar-refractivity contribution >= 4 is 10.9 Å². The van der Waals surface area contributed by atoms with Gasteiger partial charge in [-0.05, 0) is 24.6 Å². The van der Waals surface area contributed by atoms with Crippen molar-refractivity contribution in [3.05, 3.63) is 66.4 Å². The van der Waals surface area contributed by atoms with Crippen LogP contribution in [-0.4, -0.2) is 21.5 Å². The third-order valence-corrected chi connectivity index (χ3v) is 3.21. The van der Waals surface area contributed by atoms with Gasteiger partial charge in [0.1, 0.15) is 0 Å². The highest BCUT2D eigenvalue weighted by molar-refractivity contribution is 5.81. The minimum absolute atomic E-state index is 0.742. The van der Waals surface area contributed by atoms with Gasteiger partial charge in [0.2, 0.25) is 0 Å². The van der Waals surface area contributed by atoms with Gasteiger partial charge in [-0.2, -0.15) is 0 Å². The fraction of sp³-hybridized carbons (Fsp3) is 0.188. The van der Waals surface area contributed by atoms with Gasteiger partial charge in [-0.1, -0.05) is 24.3 Å². The molecule has 0 amide bonds. The Hall–Kier alpha value is -2.33. The third kappa shape index (κ3) is 2.97. The first kappa shape index (κ1) is 12.7. The number of aromatic nitrogens is 3. The van der Waals surface area contributed by atoms with E-state index in [-0.39, 0.29) is 0 Å². The lowest BCUT2D eigenvalue weighted by molar-refractivity contribution is 0.673. The second-order valence-electron chi connectivity index (χ2n) is 4.62. The average Bonchev–Trinajstić information content (AvgIpc) is 2.53. The Kier molecular flexibility index (Phi) is 3.94. The quantitative estimate of drug-likeness (QED) is 0.719. The first-order valence-corrected chi connectivity index (χ1v) is 6.72. The van der Waals surface area contributed by atoms with E-state index in [0.717, 1.165) is 30.7 Å². The van der Waals surface area contributed by atoms with Crippen LogP contribution in [0, 0.1) is 0 Å². The van der Waals surface area contributed by atoms with Gasteiger partial charge < -0.3 is 5.32 Å². The molecule has 3 rings (SSSR count). The summed E-state index contributed by atoms with van der Waals surface area (Å²) in [5.74, 6) is 0. The topological polar surface area (TPSA) is 50.7 Å². The average molecular weight is 264 g/mol. The molecule has 0 aliphatic rings. The SMILES string of the molecule is c1cnc2c(CCNCc3cnccn3)cccc2c1. The summed E-state index contributed by atoms with van der Waals surface area (Å²) in [6.07, 6.45) is 7.98. The van der Waals surface area contributed by atoms with Gasteiger partial charge in [-0.15, -0.1) is 0 Å². The van der Waals surface area contributed by atoms with Crippen LogP contribution in [0.1, 0.15) is 11.3 Å². The highest BCUT2D eigenvalue weighted by Gasteiger charge is 2.01. The monoisotopic (exact) mass is 264 g/mol. The summed E-state index contributed by atoms with van der Waals surface area (Å²) in [4.78, 5) is 12.8. The first-order valence-electron chi connectivity index (χ1n) is 6.72. The summed E-state index contributed by atoms with van der Waals surface area (Å²) in [5.41, 5.74) is 3.33. The van der Waals surface area contributed by atoms with Crippen LogP contribution in [0.15, 0.2) is 55.1 Å². The lowest BCUT2D eigenvalue weighted by Gasteiger charge is -2.06. The zero-order chi connectivity index (χ0) is 13.6. The molecule has 0 atom stereocenters. The first-order chi connectivity index (χ1) is 9.93. The second-order valence-corrected chi connectivity index (χ2v) is 4.62. The van der Waals surface area contributed by atoms with Crippen LogP contribution in [0.4, 0.5) is 0 Å². The maximum absolute atomic E-state index is 4.47. The van der Waals surface area contributed by atoms with E-state index >= 15 is 0 Å². The molecule has 0 spiro atoms. The second kappa shape index (κ2) is 6.21. The standard InChI is InChI=1S/C16H16N4/c1-3-13-5-2-7-20-16(13)14(4-1)6-8-17-11-15-12-18-9-10-19-15/h1-5,7,9-10,12,17H,6,8,11H2. The molecule has 1 aromatic carbocycles. The zero-order valence-corrected chi connectivity index (χ0v) is 11.2. The van der Waals surface area contributed by atoms with Crippen LogP contribution in [0.5, 0.6) is 0 Å². The molecular weight excluding hydrogens is 248 g/mol. The number of hydrogen-bond donors (Lipinski definition) is 1. The Morgan fingerprint density at radius 1 is 0.950 bits per heavy atom. The maximum Gasteiger partial charge on any atom is 0.0734 e. The van der Waals surface area contributed by atoms with Crippen LogP contribution >= 0.6 is 0 Å². The number of nitrogens with zero attached hydrogens (tertiary/aromatic N) is 3. The van der Waals surface area contributed by atoms with Gasteiger partial charge in [-0.3, -0.25) is 15.0 Å². The number of benzene rings is 1. The van der Waals surface area contributed by atoms with Gasteiger partial charge >= 0.3 is 0 Å². The van der Waals surface area contributed by atoms with Crippen molar-refractivity contribution in [1.82, 2.24) is 20.3 Å². The fourth-order valence-electron chi connectivity index (χ4n) is 2.23. The van der Waals surface area contributed by atoms with Gasteiger partial charge in [0.25, 0.3) is 0 Å². The molecule has 4 heteroatoms. The molecule has 0 aliphatic carbocycles. The lowest BCUT2D eigenvalue weighted by Crippen LogP contribution is -2.17. The third-order valence-electron chi connectivity index (χ3n) is 3.21. The van der Waals surface area contributed by atoms with Gasteiger partial charge in [0.05, 0.1) is 11.2 Å². The molecule has 0 saturated carbocycles. The minimum Gasteiger partial charge on any atom is -0.311 e. The molecule has 2 heterocycles. The van der Waals surface area contributed by atoms with Crippen LogP contribution in [0.2, 0.25) is 0 Å². The molecule has 0 unspecified atom stereocenters. The molecule has 100 valence electrons. The molecule has 3 aromatic rings. The summed E-state index contributed by atoms with van der Waals surface area (Å²) in [6.45, 7) is 1.64. The predicted octanol–water partition coefficient (Wildman–Crippen LogP) is 2.36. The van der Waals surface area contributed by atoms with Crippen molar-refractivity contribution in [2.45, 2.75) is 13.0 Å². The highest BCUT2D eigenvalue weighted by Crippen LogP contribution is 2.15. The Labute approximate surface area is 117 Å². The Bertz CT molecular complexity index is 677. The smallest absolute Gasteiger partial charge is 0.0734 e. The maximum atomic E-state index is 4.47. The van der Waals surface area contributed by atoms with Crippen molar-refractivity contribution in [2.24, 2.45) is 0 Å². The summed E-state index contributed by atoms with van der Waals surface area (Å²) in [7, 11) is 0. The highest BCUT2D eigenvalue weighted by atomic mass is 14.9. The number of hydrogen-bond acceptors (Lipinski definition) is 4. The Morgan fingerprint density at radius 3 is 2.80 bits per heavy atom. The summed E-state index contributed by atoms with van der Waals surface area (Å²) >= 11 is 0. The van der Waals surface area contributed by atoms with E-state index in [9.17, 15) is 0 Å². The van der Waals surface area contributed by atoms with E-state index in [4.69, 9.17) is 0 Å². The molecule has 1 N–H and O–H groups in total. The number of fused-ring (bicyclic) bond motifs is 1. The van der Waals surface area contributed by atoms with Crippen LogP contribution < -0.4 is 5.32 Å². The zero-order valence-electron chi connectivity index (χ0n) is 11.2. The van der Waals surface area contributed by atoms with Gasteiger partial charge in [-0.25, -0.2) is 0 Å². The van der Waals surface area contributed by atoms with Crippen molar-refractivity contribution < 1.29 is 0 Å². The predicted molar refractivity (Wildman–Crippen MR) is 79.2 cm³/mol. The number of nitrogens with one attached hydrogen (secondary N) is 1. The van der Waals surface area contributed by atoms with E-state index in [1.807, 2.05) is 12.3 Å². The molecule has 2 aromatic heterocycles. The number of pyridine rings is 1. The number of rotatable bonds is 5. The van der Waals surface area contributed by atoms with Crippen molar-refractivity contribution in [3.63, 3.8) is 0 Å². The fourth-order valence-corrected chi connectivity index (χ4v) is 2.23. The van der Waals surface area contributed by atoms with Crippen molar-refractivity contribution in [2.75, 3.05) is 6.54 Å². The molecule has 4 nitrogen and oxygen atoms in total. The molecular formula is C16H16N4. The van der Waals surface area contributed by atoms with Gasteiger partial charge in [0, 0.05) is 36.7 Å². The van der Waals surface area contributed by atoms with E-state index in [1.54, 1.807) is 18.6 Å². The minimum atomic E-state index is 0.742. The van der Waals surface area contributed by atoms with Crippen LogP contribution in [0.3, 0.4) is 0 Å². The Morgan fingerprint density at radius 2 is 1.90 bits per heavy atom.